The highest BCUT2D eigenvalue weighted by molar-refractivity contribution is 6.15. The number of ether oxygens (including phenoxy) is 1. The van der Waals surface area contributed by atoms with Crippen molar-refractivity contribution in [2.75, 3.05) is 12.0 Å². The third-order valence-electron chi connectivity index (χ3n) is 4.16. The molecule has 5 nitrogen and oxygen atoms in total. The van der Waals surface area contributed by atoms with E-state index in [-0.39, 0.29) is 23.1 Å². The number of rotatable bonds is 5. The van der Waals surface area contributed by atoms with E-state index in [1.165, 1.54) is 6.07 Å². The topological polar surface area (TPSA) is 69.7 Å². The monoisotopic (exact) mass is 322 g/mol. The second-order valence-corrected chi connectivity index (χ2v) is 5.47. The Morgan fingerprint density at radius 1 is 1.29 bits per heavy atom. The Labute approximate surface area is 139 Å². The molecule has 0 fully saturated rings. The maximum atomic E-state index is 12.9. The van der Waals surface area contributed by atoms with Crippen molar-refractivity contribution >= 4 is 17.6 Å². The zero-order chi connectivity index (χ0) is 17.3. The molecule has 3 rings (SSSR count). The van der Waals surface area contributed by atoms with Gasteiger partial charge in [0.15, 0.2) is 0 Å². The zero-order valence-electron chi connectivity index (χ0n) is 13.2. The molecule has 1 heterocycles. The van der Waals surface area contributed by atoms with Gasteiger partial charge >= 0.3 is 0 Å². The van der Waals surface area contributed by atoms with Gasteiger partial charge in [0.05, 0.1) is 24.7 Å². The van der Waals surface area contributed by atoms with E-state index in [1.54, 1.807) is 54.5 Å². The maximum absolute atomic E-state index is 12.9. The molecule has 1 amide bonds. The Morgan fingerprint density at radius 2 is 2.00 bits per heavy atom. The Kier molecular flexibility index (Phi) is 4.08. The third kappa shape index (κ3) is 2.44. The Hall–Kier alpha value is -3.08. The van der Waals surface area contributed by atoms with Crippen LogP contribution in [0.25, 0.3) is 0 Å². The van der Waals surface area contributed by atoms with Crippen molar-refractivity contribution in [1.29, 1.82) is 0 Å². The first-order chi connectivity index (χ1) is 11.6. The molecule has 0 aromatic heterocycles. The largest absolute Gasteiger partial charge is 0.545 e. The van der Waals surface area contributed by atoms with E-state index >= 15 is 0 Å². The maximum Gasteiger partial charge on any atom is 0.259 e. The van der Waals surface area contributed by atoms with Crippen LogP contribution in [0.15, 0.2) is 55.1 Å². The summed E-state index contributed by atoms with van der Waals surface area (Å²) in [5.41, 5.74) is 1.47. The minimum absolute atomic E-state index is 0.0810. The number of carboxylic acid groups (broad SMARTS) is 1. The number of hydrogen-bond acceptors (Lipinski definition) is 4. The van der Waals surface area contributed by atoms with Crippen LogP contribution in [0.4, 0.5) is 5.69 Å². The summed E-state index contributed by atoms with van der Waals surface area (Å²) in [6.45, 7) is 3.75. The Bertz CT molecular complexity index is 811. The van der Waals surface area contributed by atoms with Gasteiger partial charge in [-0.2, -0.15) is 0 Å². The molecule has 1 aliphatic heterocycles. The predicted octanol–water partition coefficient (Wildman–Crippen LogP) is 2.34. The minimum Gasteiger partial charge on any atom is -0.545 e. The van der Waals surface area contributed by atoms with Crippen LogP contribution in [0.2, 0.25) is 0 Å². The molecule has 1 atom stereocenters. The van der Waals surface area contributed by atoms with Crippen LogP contribution in [-0.2, 0) is 0 Å². The van der Waals surface area contributed by atoms with Crippen LogP contribution in [-0.4, -0.2) is 19.0 Å². The van der Waals surface area contributed by atoms with Gasteiger partial charge in [-0.15, -0.1) is 6.58 Å². The van der Waals surface area contributed by atoms with E-state index in [1.807, 2.05) is 0 Å². The lowest BCUT2D eigenvalue weighted by atomic mass is 9.98. The quantitative estimate of drug-likeness (QED) is 0.792. The van der Waals surface area contributed by atoms with Gasteiger partial charge in [-0.3, -0.25) is 4.79 Å². The molecule has 0 spiro atoms. The number of carbonyl (C=O) groups excluding carboxylic acids is 2. The molecule has 1 unspecified atom stereocenters. The van der Waals surface area contributed by atoms with Gasteiger partial charge < -0.3 is 19.5 Å². The Morgan fingerprint density at radius 3 is 2.58 bits per heavy atom. The number of fused-ring (bicyclic) bond motifs is 1. The van der Waals surface area contributed by atoms with Crippen molar-refractivity contribution in [3.63, 3.8) is 0 Å². The zero-order valence-corrected chi connectivity index (χ0v) is 13.2. The molecule has 1 aliphatic rings. The number of carboxylic acids is 1. The molecule has 0 aliphatic carbocycles. The number of anilines is 1. The molecule has 0 bridgehead atoms. The molecule has 0 saturated carbocycles. The second-order valence-electron chi connectivity index (χ2n) is 5.47. The van der Waals surface area contributed by atoms with Crippen molar-refractivity contribution in [2.24, 2.45) is 0 Å². The van der Waals surface area contributed by atoms with Crippen molar-refractivity contribution in [3.8, 4) is 5.75 Å². The van der Waals surface area contributed by atoms with E-state index in [4.69, 9.17) is 4.74 Å². The summed E-state index contributed by atoms with van der Waals surface area (Å²) >= 11 is 0. The number of methoxy groups -OCH3 is 1. The minimum atomic E-state index is -1.35. The molecule has 24 heavy (non-hydrogen) atoms. The van der Waals surface area contributed by atoms with Gasteiger partial charge in [-0.1, -0.05) is 24.3 Å². The summed E-state index contributed by atoms with van der Waals surface area (Å²) in [7, 11) is 1.57. The first-order valence-electron chi connectivity index (χ1n) is 7.51. The van der Waals surface area contributed by atoms with Gasteiger partial charge in [0.1, 0.15) is 5.75 Å². The van der Waals surface area contributed by atoms with E-state index in [2.05, 4.69) is 6.58 Å². The highest BCUT2D eigenvalue weighted by Crippen LogP contribution is 2.41. The van der Waals surface area contributed by atoms with Gasteiger partial charge in [0.25, 0.3) is 5.91 Å². The highest BCUT2D eigenvalue weighted by atomic mass is 16.5. The standard InChI is InChI=1S/C19H17NO4/c1-3-5-16-14-6-4-7-15(19(22)23)17(14)18(21)20(16)12-8-10-13(24-2)11-9-12/h3-4,6-11,16H,1,5H2,2H3,(H,22,23)/p-1. The van der Waals surface area contributed by atoms with E-state index < -0.39 is 5.97 Å². The molecule has 2 aromatic carbocycles. The third-order valence-corrected chi connectivity index (χ3v) is 4.16. The van der Waals surface area contributed by atoms with Gasteiger partial charge in [-0.05, 0) is 36.2 Å². The first-order valence-corrected chi connectivity index (χ1v) is 7.51. The van der Waals surface area contributed by atoms with Crippen LogP contribution in [0.3, 0.4) is 0 Å². The molecule has 2 aromatic rings. The molecule has 0 radical (unpaired) electrons. The van der Waals surface area contributed by atoms with Gasteiger partial charge in [-0.25, -0.2) is 0 Å². The summed E-state index contributed by atoms with van der Waals surface area (Å²) in [4.78, 5) is 25.9. The molecule has 0 N–H and O–H groups in total. The fourth-order valence-corrected chi connectivity index (χ4v) is 3.09. The summed E-state index contributed by atoms with van der Waals surface area (Å²) in [5, 5.41) is 11.4. The smallest absolute Gasteiger partial charge is 0.259 e. The SMILES string of the molecule is C=CCC1c2cccc(C(=O)[O-])c2C(=O)N1c1ccc(OC)cc1. The van der Waals surface area contributed by atoms with Crippen LogP contribution < -0.4 is 14.7 Å². The van der Waals surface area contributed by atoms with Crippen LogP contribution in [0.5, 0.6) is 5.75 Å². The molecule has 5 heteroatoms. The number of nitrogens with zero attached hydrogens (tertiary/aromatic N) is 1. The molecule has 0 saturated heterocycles. The van der Waals surface area contributed by atoms with Crippen molar-refractivity contribution in [3.05, 3.63) is 71.8 Å². The van der Waals surface area contributed by atoms with Crippen molar-refractivity contribution < 1.29 is 19.4 Å². The molecular formula is C19H16NO4-. The average Bonchev–Trinajstić information content (AvgIpc) is 2.88. The highest BCUT2D eigenvalue weighted by Gasteiger charge is 2.38. The number of aromatic carboxylic acids is 1. The lowest BCUT2D eigenvalue weighted by molar-refractivity contribution is -0.255. The summed E-state index contributed by atoms with van der Waals surface area (Å²) < 4.78 is 5.14. The van der Waals surface area contributed by atoms with Gasteiger partial charge in [0, 0.05) is 11.3 Å². The van der Waals surface area contributed by atoms with Crippen molar-refractivity contribution in [1.82, 2.24) is 0 Å². The van der Waals surface area contributed by atoms with Crippen LogP contribution >= 0.6 is 0 Å². The lowest BCUT2D eigenvalue weighted by Gasteiger charge is -2.24. The van der Waals surface area contributed by atoms with E-state index in [0.29, 0.717) is 23.4 Å². The predicted molar refractivity (Wildman–Crippen MR) is 88.1 cm³/mol. The second kappa shape index (κ2) is 6.20. The van der Waals surface area contributed by atoms with Gasteiger partial charge in [0.2, 0.25) is 0 Å². The van der Waals surface area contributed by atoms with Crippen LogP contribution in [0, 0.1) is 0 Å². The van der Waals surface area contributed by atoms with E-state index in [0.717, 1.165) is 0 Å². The fraction of sp³-hybridized carbons (Fsp3) is 0.158. The average molecular weight is 322 g/mol. The number of benzene rings is 2. The van der Waals surface area contributed by atoms with Crippen molar-refractivity contribution in [2.45, 2.75) is 12.5 Å². The Balaban J connectivity index is 2.13. The summed E-state index contributed by atoms with van der Waals surface area (Å²) in [6.07, 6.45) is 2.23. The van der Waals surface area contributed by atoms with Crippen LogP contribution in [0.1, 0.15) is 38.7 Å². The number of amides is 1. The molecular weight excluding hydrogens is 306 g/mol. The summed E-state index contributed by atoms with van der Waals surface area (Å²) in [5.74, 6) is -1.02. The number of hydrogen-bond donors (Lipinski definition) is 0. The lowest BCUT2D eigenvalue weighted by Crippen LogP contribution is -2.29. The summed E-state index contributed by atoms with van der Waals surface area (Å²) in [6, 6.07) is 11.6. The number of carbonyl (C=O) groups is 2. The molecule has 122 valence electrons. The van der Waals surface area contributed by atoms with E-state index in [9.17, 15) is 14.7 Å². The fourth-order valence-electron chi connectivity index (χ4n) is 3.09. The first kappa shape index (κ1) is 15.8. The normalized spacial score (nSPS) is 16.0.